The molecule has 182 valence electrons. The van der Waals surface area contributed by atoms with Crippen LogP contribution in [0.4, 0.5) is 5.82 Å². The van der Waals surface area contributed by atoms with E-state index in [0.29, 0.717) is 37.6 Å². The second-order valence-corrected chi connectivity index (χ2v) is 11.0. The minimum Gasteiger partial charge on any atom is -0.369 e. The van der Waals surface area contributed by atoms with Crippen LogP contribution in [0, 0.1) is 6.92 Å². The Balaban J connectivity index is 1.41. The molecule has 0 atom stereocenters. The monoisotopic (exact) mass is 482 g/mol. The first kappa shape index (κ1) is 24.5. The van der Waals surface area contributed by atoms with E-state index < -0.39 is 10.0 Å². The number of rotatable bonds is 9. The molecule has 0 unspecified atom stereocenters. The lowest BCUT2D eigenvalue weighted by Gasteiger charge is -2.33. The lowest BCUT2D eigenvalue weighted by molar-refractivity contribution is 0.178. The van der Waals surface area contributed by atoms with Crippen molar-refractivity contribution in [1.29, 1.82) is 0 Å². The molecule has 1 aliphatic rings. The maximum atomic E-state index is 13.0. The smallest absolute Gasteiger partial charge is 0.243 e. The van der Waals surface area contributed by atoms with Gasteiger partial charge in [0.2, 0.25) is 10.0 Å². The van der Waals surface area contributed by atoms with Crippen molar-refractivity contribution in [3.8, 4) is 0 Å². The molecule has 2 aromatic carbocycles. The summed E-state index contributed by atoms with van der Waals surface area (Å²) in [7, 11) is 0.679. The predicted octanol–water partition coefficient (Wildman–Crippen LogP) is 2.81. The molecule has 0 bridgehead atoms. The lowest BCUT2D eigenvalue weighted by atomic mass is 10.2. The molecule has 4 rings (SSSR count). The van der Waals surface area contributed by atoms with Crippen molar-refractivity contribution < 1.29 is 8.42 Å². The third-order valence-corrected chi connectivity index (χ3v) is 7.99. The highest BCUT2D eigenvalue weighted by atomic mass is 32.2. The molecule has 1 saturated heterocycles. The third-order valence-electron chi connectivity index (χ3n) is 6.08. The van der Waals surface area contributed by atoms with Gasteiger partial charge in [-0.25, -0.2) is 18.4 Å². The molecule has 8 nitrogen and oxygen atoms in total. The highest BCUT2D eigenvalue weighted by molar-refractivity contribution is 7.89. The van der Waals surface area contributed by atoms with Gasteiger partial charge in [-0.05, 0) is 58.3 Å². The molecule has 0 spiro atoms. The third kappa shape index (κ3) is 5.90. The van der Waals surface area contributed by atoms with Gasteiger partial charge in [-0.1, -0.05) is 29.8 Å². The number of hydrogen-bond acceptors (Lipinski definition) is 7. The normalized spacial score (nSPS) is 15.8. The van der Waals surface area contributed by atoms with Crippen LogP contribution >= 0.6 is 0 Å². The van der Waals surface area contributed by atoms with Crippen LogP contribution in [0.2, 0.25) is 0 Å². The fourth-order valence-corrected chi connectivity index (χ4v) is 5.54. The number of nitrogens with zero attached hydrogens (tertiary/aromatic N) is 5. The first-order chi connectivity index (χ1) is 16.3. The number of fused-ring (bicyclic) bond motifs is 1. The van der Waals surface area contributed by atoms with Crippen molar-refractivity contribution in [3.05, 3.63) is 59.9 Å². The van der Waals surface area contributed by atoms with Crippen molar-refractivity contribution in [1.82, 2.24) is 24.1 Å². The molecule has 1 fully saturated rings. The zero-order chi connectivity index (χ0) is 24.1. The van der Waals surface area contributed by atoms with Gasteiger partial charge in [0.25, 0.3) is 0 Å². The van der Waals surface area contributed by atoms with E-state index in [-0.39, 0.29) is 0 Å². The number of benzene rings is 2. The second-order valence-electron chi connectivity index (χ2n) is 9.08. The maximum Gasteiger partial charge on any atom is 0.243 e. The average Bonchev–Trinajstić information content (AvgIpc) is 2.82. The van der Waals surface area contributed by atoms with E-state index in [0.717, 1.165) is 47.6 Å². The summed E-state index contributed by atoms with van der Waals surface area (Å²) < 4.78 is 27.6. The van der Waals surface area contributed by atoms with Gasteiger partial charge in [0.1, 0.15) is 11.6 Å². The van der Waals surface area contributed by atoms with E-state index in [1.165, 1.54) is 0 Å². The largest absolute Gasteiger partial charge is 0.369 e. The fourth-order valence-electron chi connectivity index (χ4n) is 4.12. The van der Waals surface area contributed by atoms with E-state index in [9.17, 15) is 8.42 Å². The summed E-state index contributed by atoms with van der Waals surface area (Å²) in [5.41, 5.74) is 1.97. The molecular weight excluding hydrogens is 448 g/mol. The van der Waals surface area contributed by atoms with Crippen LogP contribution in [0.15, 0.2) is 53.4 Å². The van der Waals surface area contributed by atoms with Crippen molar-refractivity contribution >= 4 is 26.7 Å². The molecular formula is C25H34N6O2S. The molecule has 3 aromatic rings. The van der Waals surface area contributed by atoms with Crippen molar-refractivity contribution in [2.24, 2.45) is 0 Å². The fraction of sp³-hybridized carbons (Fsp3) is 0.440. The molecule has 1 N–H and O–H groups in total. The van der Waals surface area contributed by atoms with E-state index in [4.69, 9.17) is 9.97 Å². The molecule has 34 heavy (non-hydrogen) atoms. The summed E-state index contributed by atoms with van der Waals surface area (Å²) in [4.78, 5) is 14.4. The zero-order valence-corrected chi connectivity index (χ0v) is 21.1. The molecule has 2 heterocycles. The van der Waals surface area contributed by atoms with Crippen LogP contribution < -0.4 is 5.32 Å². The van der Waals surface area contributed by atoms with E-state index >= 15 is 0 Å². The SMILES string of the molecule is Cc1ccc(S(=O)(=O)N2CCN(Cc3nc(NCCCN(C)C)c4ccccc4n3)CC2)cc1. The Morgan fingerprint density at radius 2 is 1.68 bits per heavy atom. The van der Waals surface area contributed by atoms with Crippen LogP contribution in [-0.4, -0.2) is 85.9 Å². The van der Waals surface area contributed by atoms with Crippen LogP contribution in [0.25, 0.3) is 10.9 Å². The lowest BCUT2D eigenvalue weighted by Crippen LogP contribution is -2.48. The molecule has 0 radical (unpaired) electrons. The van der Waals surface area contributed by atoms with Crippen molar-refractivity contribution in [3.63, 3.8) is 0 Å². The van der Waals surface area contributed by atoms with Crippen LogP contribution in [0.1, 0.15) is 17.8 Å². The summed E-state index contributed by atoms with van der Waals surface area (Å²) in [5.74, 6) is 1.61. The number of sulfonamides is 1. The number of hydrogen-bond donors (Lipinski definition) is 1. The highest BCUT2D eigenvalue weighted by Crippen LogP contribution is 2.22. The number of para-hydroxylation sites is 1. The molecule has 9 heteroatoms. The van der Waals surface area contributed by atoms with E-state index in [1.54, 1.807) is 16.4 Å². The van der Waals surface area contributed by atoms with Crippen LogP contribution in [0.5, 0.6) is 0 Å². The minimum atomic E-state index is -3.47. The molecule has 1 aromatic heterocycles. The van der Waals surface area contributed by atoms with E-state index in [2.05, 4.69) is 29.2 Å². The molecule has 0 amide bonds. The van der Waals surface area contributed by atoms with Gasteiger partial charge in [0.05, 0.1) is 17.0 Å². The second kappa shape index (κ2) is 10.8. The first-order valence-electron chi connectivity index (χ1n) is 11.8. The Bertz CT molecular complexity index is 1210. The maximum absolute atomic E-state index is 13.0. The first-order valence-corrected chi connectivity index (χ1v) is 13.2. The Kier molecular flexibility index (Phi) is 7.77. The Morgan fingerprint density at radius 3 is 2.38 bits per heavy atom. The summed E-state index contributed by atoms with van der Waals surface area (Å²) in [5, 5.41) is 4.50. The summed E-state index contributed by atoms with van der Waals surface area (Å²) >= 11 is 0. The topological polar surface area (TPSA) is 81.7 Å². The Morgan fingerprint density at radius 1 is 0.971 bits per heavy atom. The van der Waals surface area contributed by atoms with Gasteiger partial charge in [-0.3, -0.25) is 4.90 Å². The Hall–Kier alpha value is -2.59. The van der Waals surface area contributed by atoms with Gasteiger partial charge >= 0.3 is 0 Å². The predicted molar refractivity (Wildman–Crippen MR) is 136 cm³/mol. The van der Waals surface area contributed by atoms with Crippen LogP contribution in [0.3, 0.4) is 0 Å². The summed E-state index contributed by atoms with van der Waals surface area (Å²) in [6, 6.07) is 15.1. The van der Waals surface area contributed by atoms with E-state index in [1.807, 2.05) is 43.3 Å². The van der Waals surface area contributed by atoms with Gasteiger partial charge in [0, 0.05) is 38.1 Å². The Labute approximate surface area is 202 Å². The molecule has 0 saturated carbocycles. The number of aromatic nitrogens is 2. The summed E-state index contributed by atoms with van der Waals surface area (Å²) in [6.45, 7) is 6.61. The summed E-state index contributed by atoms with van der Waals surface area (Å²) in [6.07, 6.45) is 1.03. The van der Waals surface area contributed by atoms with Gasteiger partial charge in [0.15, 0.2) is 0 Å². The molecule has 0 aliphatic carbocycles. The standard InChI is InChI=1S/C25H34N6O2S/c1-20-9-11-21(12-10-20)34(32,33)31-17-15-30(16-18-31)19-24-27-23-8-5-4-7-22(23)25(28-24)26-13-6-14-29(2)3/h4-5,7-12H,6,13-19H2,1-3H3,(H,26,27,28). The van der Waals surface area contributed by atoms with Crippen LogP contribution in [-0.2, 0) is 16.6 Å². The highest BCUT2D eigenvalue weighted by Gasteiger charge is 2.28. The average molecular weight is 483 g/mol. The van der Waals surface area contributed by atoms with Crippen molar-refractivity contribution in [2.45, 2.75) is 24.8 Å². The quantitative estimate of drug-likeness (QED) is 0.470. The molecule has 1 aliphatic heterocycles. The van der Waals surface area contributed by atoms with Crippen molar-refractivity contribution in [2.75, 3.05) is 58.7 Å². The number of aryl methyl sites for hydroxylation is 1. The number of anilines is 1. The van der Waals surface area contributed by atoms with Gasteiger partial charge in [-0.15, -0.1) is 0 Å². The minimum absolute atomic E-state index is 0.356. The van der Waals surface area contributed by atoms with Gasteiger partial charge < -0.3 is 10.2 Å². The number of nitrogens with one attached hydrogen (secondary N) is 1. The van der Waals surface area contributed by atoms with Gasteiger partial charge in [-0.2, -0.15) is 4.31 Å². The zero-order valence-electron chi connectivity index (χ0n) is 20.2. The number of piperazine rings is 1.